The minimum Gasteiger partial charge on any atom is -0.326 e. The molecule has 0 amide bonds. The second kappa shape index (κ2) is 7.18. The number of rotatable bonds is 7. The molecular weight excluding hydrogens is 296 g/mol. The van der Waals surface area contributed by atoms with Crippen molar-refractivity contribution in [3.63, 3.8) is 0 Å². The Kier molecular flexibility index (Phi) is 6.20. The molecule has 2 N–H and O–H groups in total. The highest BCUT2D eigenvalue weighted by Gasteiger charge is 2.14. The number of aromatic nitrogens is 1. The predicted molar refractivity (Wildman–Crippen MR) is 74.9 cm³/mol. The van der Waals surface area contributed by atoms with Crippen LogP contribution in [-0.2, 0) is 10.0 Å². The lowest BCUT2D eigenvalue weighted by atomic mass is 10.3. The number of halogens is 1. The van der Waals surface area contributed by atoms with Gasteiger partial charge >= 0.3 is 0 Å². The van der Waals surface area contributed by atoms with E-state index in [9.17, 15) is 13.2 Å². The summed E-state index contributed by atoms with van der Waals surface area (Å²) < 4.78 is 26.1. The van der Waals surface area contributed by atoms with Crippen molar-refractivity contribution in [2.24, 2.45) is 0 Å². The van der Waals surface area contributed by atoms with Crippen LogP contribution in [0.3, 0.4) is 0 Å². The van der Waals surface area contributed by atoms with Crippen LogP contribution in [0.15, 0.2) is 22.0 Å². The third-order valence-electron chi connectivity index (χ3n) is 2.21. The molecule has 8 heteroatoms. The van der Waals surface area contributed by atoms with Crippen molar-refractivity contribution in [2.45, 2.75) is 17.7 Å². The van der Waals surface area contributed by atoms with E-state index in [1.54, 1.807) is 11.8 Å². The molecule has 1 heterocycles. The number of hydrogen-bond acceptors (Lipinski definition) is 4. The van der Waals surface area contributed by atoms with Crippen molar-refractivity contribution in [2.75, 3.05) is 18.6 Å². The van der Waals surface area contributed by atoms with Gasteiger partial charge in [-0.2, -0.15) is 11.8 Å². The molecule has 0 radical (unpaired) electrons. The van der Waals surface area contributed by atoms with Gasteiger partial charge in [0.2, 0.25) is 10.0 Å². The fraction of sp³-hybridized carbons (Fsp3) is 0.500. The van der Waals surface area contributed by atoms with Crippen LogP contribution < -0.4 is 10.3 Å². The lowest BCUT2D eigenvalue weighted by molar-refractivity contribution is 0.578. The van der Waals surface area contributed by atoms with Crippen LogP contribution >= 0.6 is 23.4 Å². The first-order valence-corrected chi connectivity index (χ1v) is 8.59. The number of unbranched alkanes of at least 4 members (excludes halogenated alkanes) is 1. The van der Waals surface area contributed by atoms with E-state index in [4.69, 9.17) is 11.6 Å². The van der Waals surface area contributed by atoms with Gasteiger partial charge in [0, 0.05) is 12.7 Å². The number of aromatic amines is 1. The molecule has 0 aromatic carbocycles. The first kappa shape index (κ1) is 15.6. The molecule has 0 saturated carbocycles. The summed E-state index contributed by atoms with van der Waals surface area (Å²) in [6.45, 7) is 0.375. The number of pyridine rings is 1. The van der Waals surface area contributed by atoms with E-state index in [0.717, 1.165) is 30.9 Å². The van der Waals surface area contributed by atoms with E-state index >= 15 is 0 Å². The Morgan fingerprint density at radius 3 is 2.78 bits per heavy atom. The van der Waals surface area contributed by atoms with Gasteiger partial charge in [-0.05, 0) is 30.9 Å². The van der Waals surface area contributed by atoms with Crippen molar-refractivity contribution >= 4 is 33.4 Å². The Hall–Kier alpha value is -0.500. The van der Waals surface area contributed by atoms with Crippen LogP contribution in [0.2, 0.25) is 5.02 Å². The molecule has 1 aromatic heterocycles. The molecule has 0 fully saturated rings. The Morgan fingerprint density at radius 2 is 2.17 bits per heavy atom. The summed E-state index contributed by atoms with van der Waals surface area (Å²) in [7, 11) is -3.60. The average Bonchev–Trinajstić information content (AvgIpc) is 2.32. The van der Waals surface area contributed by atoms with Gasteiger partial charge in [0.15, 0.2) is 0 Å². The summed E-state index contributed by atoms with van der Waals surface area (Å²) >= 11 is 7.31. The summed E-state index contributed by atoms with van der Waals surface area (Å²) in [6.07, 6.45) is 4.87. The van der Waals surface area contributed by atoms with Gasteiger partial charge < -0.3 is 4.98 Å². The smallest absolute Gasteiger partial charge is 0.266 e. The largest absolute Gasteiger partial charge is 0.326 e. The maximum Gasteiger partial charge on any atom is 0.266 e. The minimum absolute atomic E-state index is 0.0306. The normalized spacial score (nSPS) is 11.7. The standard InChI is InChI=1S/C10H15ClN2O3S2/c1-17-5-3-2-4-13-18(15,16)8-6-9(11)10(14)12-7-8/h6-7,13H,2-5H2,1H3,(H,12,14). The van der Waals surface area contributed by atoms with E-state index in [-0.39, 0.29) is 9.92 Å². The summed E-state index contributed by atoms with van der Waals surface area (Å²) in [4.78, 5) is 13.3. The predicted octanol–water partition coefficient (Wildman–Crippen LogP) is 1.45. The third kappa shape index (κ3) is 4.64. The first-order chi connectivity index (χ1) is 8.47. The lowest BCUT2D eigenvalue weighted by Crippen LogP contribution is -2.25. The highest BCUT2D eigenvalue weighted by Crippen LogP contribution is 2.10. The first-order valence-electron chi connectivity index (χ1n) is 5.34. The second-order valence-electron chi connectivity index (χ2n) is 3.61. The highest BCUT2D eigenvalue weighted by molar-refractivity contribution is 7.98. The molecule has 0 aliphatic carbocycles. The van der Waals surface area contributed by atoms with Crippen LogP contribution in [-0.4, -0.2) is 32.0 Å². The van der Waals surface area contributed by atoms with Gasteiger partial charge in [-0.1, -0.05) is 11.6 Å². The molecule has 18 heavy (non-hydrogen) atoms. The number of sulfonamides is 1. The van der Waals surface area contributed by atoms with Gasteiger partial charge in [0.25, 0.3) is 5.56 Å². The summed E-state index contributed by atoms with van der Waals surface area (Å²) in [5.41, 5.74) is -0.504. The number of hydrogen-bond donors (Lipinski definition) is 2. The molecule has 1 aromatic rings. The maximum atomic E-state index is 11.8. The molecule has 0 aliphatic heterocycles. The molecule has 0 atom stereocenters. The van der Waals surface area contributed by atoms with Crippen molar-refractivity contribution in [1.29, 1.82) is 0 Å². The van der Waals surface area contributed by atoms with E-state index in [2.05, 4.69) is 9.71 Å². The van der Waals surface area contributed by atoms with E-state index in [1.807, 2.05) is 6.26 Å². The molecule has 0 saturated heterocycles. The lowest BCUT2D eigenvalue weighted by Gasteiger charge is -2.06. The molecule has 0 spiro atoms. The molecule has 0 bridgehead atoms. The third-order valence-corrected chi connectivity index (χ3v) is 4.63. The van der Waals surface area contributed by atoms with Crippen LogP contribution in [0, 0.1) is 0 Å². The summed E-state index contributed by atoms with van der Waals surface area (Å²) in [5, 5.41) is -0.139. The molecule has 5 nitrogen and oxygen atoms in total. The van der Waals surface area contributed by atoms with Crippen molar-refractivity contribution < 1.29 is 8.42 Å². The topological polar surface area (TPSA) is 79.0 Å². The second-order valence-corrected chi connectivity index (χ2v) is 6.77. The molecule has 0 unspecified atom stereocenters. The van der Waals surface area contributed by atoms with Gasteiger partial charge in [-0.3, -0.25) is 4.79 Å². The van der Waals surface area contributed by atoms with Gasteiger partial charge in [0.1, 0.15) is 5.02 Å². The Labute approximate surface area is 115 Å². The van der Waals surface area contributed by atoms with Crippen molar-refractivity contribution in [1.82, 2.24) is 9.71 Å². The summed E-state index contributed by atoms with van der Waals surface area (Å²) in [5.74, 6) is 1.01. The summed E-state index contributed by atoms with van der Waals surface area (Å²) in [6, 6.07) is 1.14. The van der Waals surface area contributed by atoms with Gasteiger partial charge in [0.05, 0.1) is 4.90 Å². The fourth-order valence-electron chi connectivity index (χ4n) is 1.25. The van der Waals surface area contributed by atoms with Gasteiger partial charge in [-0.15, -0.1) is 0 Å². The monoisotopic (exact) mass is 310 g/mol. The zero-order chi connectivity index (χ0) is 13.6. The van der Waals surface area contributed by atoms with Gasteiger partial charge in [-0.25, -0.2) is 13.1 Å². The highest BCUT2D eigenvalue weighted by atomic mass is 35.5. The molecule has 1 rings (SSSR count). The Bertz CT molecular complexity index is 542. The number of H-pyrrole nitrogens is 1. The van der Waals surface area contributed by atoms with E-state index in [0.29, 0.717) is 6.54 Å². The zero-order valence-electron chi connectivity index (χ0n) is 9.90. The molecule has 0 aliphatic rings. The zero-order valence-corrected chi connectivity index (χ0v) is 12.3. The van der Waals surface area contributed by atoms with Crippen LogP contribution in [0.5, 0.6) is 0 Å². The average molecular weight is 311 g/mol. The van der Waals surface area contributed by atoms with Crippen LogP contribution in [0.4, 0.5) is 0 Å². The SMILES string of the molecule is CSCCCCNS(=O)(=O)c1c[nH]c(=O)c(Cl)c1. The minimum atomic E-state index is -3.60. The maximum absolute atomic E-state index is 11.8. The van der Waals surface area contributed by atoms with E-state index in [1.165, 1.54) is 0 Å². The van der Waals surface area contributed by atoms with Crippen LogP contribution in [0.25, 0.3) is 0 Å². The quantitative estimate of drug-likeness (QED) is 0.747. The van der Waals surface area contributed by atoms with E-state index < -0.39 is 15.6 Å². The van der Waals surface area contributed by atoms with Crippen molar-refractivity contribution in [3.05, 3.63) is 27.6 Å². The number of nitrogens with one attached hydrogen (secondary N) is 2. The molecule has 102 valence electrons. The van der Waals surface area contributed by atoms with Crippen molar-refractivity contribution in [3.8, 4) is 0 Å². The Balaban J connectivity index is 2.63. The molecular formula is C10H15ClN2O3S2. The fourth-order valence-corrected chi connectivity index (χ4v) is 3.05. The Morgan fingerprint density at radius 1 is 1.44 bits per heavy atom. The van der Waals surface area contributed by atoms with Crippen LogP contribution in [0.1, 0.15) is 12.8 Å². The number of thioether (sulfide) groups is 1.